The molecule has 2 bridgehead atoms. The molecule has 0 aliphatic carbocycles. The van der Waals surface area contributed by atoms with E-state index < -0.39 is 0 Å². The van der Waals surface area contributed by atoms with Crippen LogP contribution in [0.2, 0.25) is 0 Å². The minimum absolute atomic E-state index is 0. The molecule has 2 aliphatic heterocycles. The van der Waals surface area contributed by atoms with Crippen LogP contribution in [0.5, 0.6) is 0 Å². The molecule has 3 heterocycles. The van der Waals surface area contributed by atoms with E-state index in [0.717, 1.165) is 44.6 Å². The van der Waals surface area contributed by atoms with Crippen LogP contribution >= 0.6 is 12.4 Å². The van der Waals surface area contributed by atoms with Crippen LogP contribution in [0, 0.1) is 0 Å². The minimum atomic E-state index is 0. The lowest BCUT2D eigenvalue weighted by Crippen LogP contribution is -2.38. The second kappa shape index (κ2) is 8.64. The van der Waals surface area contributed by atoms with Crippen molar-refractivity contribution in [1.82, 2.24) is 20.4 Å². The van der Waals surface area contributed by atoms with Gasteiger partial charge >= 0.3 is 0 Å². The summed E-state index contributed by atoms with van der Waals surface area (Å²) in [4.78, 5) is 18.7. The van der Waals surface area contributed by atoms with Gasteiger partial charge in [-0.2, -0.15) is 4.98 Å². The van der Waals surface area contributed by atoms with Gasteiger partial charge in [0.1, 0.15) is 0 Å². The van der Waals surface area contributed by atoms with Crippen LogP contribution in [-0.4, -0.2) is 46.1 Å². The lowest BCUT2D eigenvalue weighted by atomic mass is 10.1. The van der Waals surface area contributed by atoms with Crippen molar-refractivity contribution in [2.45, 2.75) is 70.4 Å². The van der Waals surface area contributed by atoms with E-state index in [9.17, 15) is 4.79 Å². The number of nitrogens with one attached hydrogen (secondary N) is 1. The number of amides is 1. The molecule has 3 rings (SSSR count). The molecule has 2 atom stereocenters. The van der Waals surface area contributed by atoms with Gasteiger partial charge in [0, 0.05) is 44.4 Å². The molecule has 0 spiro atoms. The van der Waals surface area contributed by atoms with Crippen LogP contribution in [-0.2, 0) is 17.6 Å². The Hall–Kier alpha value is -1.14. The molecule has 0 aromatic carbocycles. The summed E-state index contributed by atoms with van der Waals surface area (Å²) in [6.07, 6.45) is 7.48. The summed E-state index contributed by atoms with van der Waals surface area (Å²) in [5.41, 5.74) is 0. The Labute approximate surface area is 143 Å². The molecule has 6 nitrogen and oxygen atoms in total. The third-order valence-electron chi connectivity index (χ3n) is 4.64. The number of carbonyl (C=O) groups excluding carboxylic acids is 1. The van der Waals surface area contributed by atoms with Crippen molar-refractivity contribution in [1.29, 1.82) is 0 Å². The standard InChI is InChI=1S/C16H26N4O2.ClH/c1-2-4-14-18-15(22-19-14)5-3-6-16(21)20-10-9-12-7-8-13(11-20)17-12;/h12-13,17H,2-11H2,1H3;1H. The van der Waals surface area contributed by atoms with Crippen molar-refractivity contribution in [2.75, 3.05) is 13.1 Å². The Bertz CT molecular complexity index is 508. The fraction of sp³-hybridized carbons (Fsp3) is 0.812. The number of hydrogen-bond acceptors (Lipinski definition) is 5. The maximum atomic E-state index is 12.4. The lowest BCUT2D eigenvalue weighted by Gasteiger charge is -2.24. The van der Waals surface area contributed by atoms with Gasteiger partial charge < -0.3 is 14.7 Å². The highest BCUT2D eigenvalue weighted by Gasteiger charge is 2.30. The van der Waals surface area contributed by atoms with Crippen molar-refractivity contribution in [3.63, 3.8) is 0 Å². The predicted octanol–water partition coefficient (Wildman–Crippen LogP) is 2.12. The molecule has 0 radical (unpaired) electrons. The molecular weight excluding hydrogens is 316 g/mol. The number of nitrogens with zero attached hydrogens (tertiary/aromatic N) is 3. The Kier molecular flexibility index (Phi) is 6.84. The lowest BCUT2D eigenvalue weighted by molar-refractivity contribution is -0.131. The zero-order chi connectivity index (χ0) is 15.4. The van der Waals surface area contributed by atoms with Crippen molar-refractivity contribution < 1.29 is 9.32 Å². The van der Waals surface area contributed by atoms with Crippen molar-refractivity contribution in [3.8, 4) is 0 Å². The van der Waals surface area contributed by atoms with Gasteiger partial charge in [0.05, 0.1) is 0 Å². The summed E-state index contributed by atoms with van der Waals surface area (Å²) in [6.45, 7) is 3.86. The first-order chi connectivity index (χ1) is 10.7. The van der Waals surface area contributed by atoms with Crippen molar-refractivity contribution in [3.05, 3.63) is 11.7 Å². The van der Waals surface area contributed by atoms with Gasteiger partial charge in [0.15, 0.2) is 5.82 Å². The molecule has 130 valence electrons. The van der Waals surface area contributed by atoms with E-state index in [1.54, 1.807) is 0 Å². The average molecular weight is 343 g/mol. The largest absolute Gasteiger partial charge is 0.341 e. The molecule has 1 amide bonds. The highest BCUT2D eigenvalue weighted by atomic mass is 35.5. The second-order valence-electron chi connectivity index (χ2n) is 6.47. The van der Waals surface area contributed by atoms with Crippen LogP contribution in [0.3, 0.4) is 0 Å². The van der Waals surface area contributed by atoms with Crippen LogP contribution in [0.4, 0.5) is 0 Å². The SMILES string of the molecule is CCCc1noc(CCCC(=O)N2CCC3CCC(C2)N3)n1.Cl. The number of aryl methyl sites for hydroxylation is 2. The fourth-order valence-corrected chi connectivity index (χ4v) is 3.44. The van der Waals surface area contributed by atoms with Gasteiger partial charge in [-0.25, -0.2) is 0 Å². The van der Waals surface area contributed by atoms with Gasteiger partial charge in [-0.15, -0.1) is 12.4 Å². The molecular formula is C16H27ClN4O2. The van der Waals surface area contributed by atoms with Gasteiger partial charge in [0.2, 0.25) is 11.8 Å². The average Bonchev–Trinajstić information content (AvgIpc) is 3.06. The molecule has 2 aliphatic rings. The minimum Gasteiger partial charge on any atom is -0.341 e. The molecule has 23 heavy (non-hydrogen) atoms. The summed E-state index contributed by atoms with van der Waals surface area (Å²) >= 11 is 0. The third kappa shape index (κ3) is 4.91. The Balaban J connectivity index is 0.00000192. The number of rotatable bonds is 6. The summed E-state index contributed by atoms with van der Waals surface area (Å²) in [5.74, 6) is 1.70. The molecule has 0 saturated carbocycles. The Morgan fingerprint density at radius 3 is 2.96 bits per heavy atom. The van der Waals surface area contributed by atoms with Crippen molar-refractivity contribution in [2.24, 2.45) is 0 Å². The number of likely N-dealkylation sites (tertiary alicyclic amines) is 1. The molecule has 7 heteroatoms. The summed E-state index contributed by atoms with van der Waals surface area (Å²) < 4.78 is 5.21. The van der Waals surface area contributed by atoms with E-state index >= 15 is 0 Å². The summed E-state index contributed by atoms with van der Waals surface area (Å²) in [6, 6.07) is 1.13. The predicted molar refractivity (Wildman–Crippen MR) is 89.6 cm³/mol. The smallest absolute Gasteiger partial charge is 0.226 e. The van der Waals surface area contributed by atoms with Gasteiger partial charge in [-0.1, -0.05) is 12.1 Å². The molecule has 1 N–H and O–H groups in total. The zero-order valence-electron chi connectivity index (χ0n) is 13.8. The number of halogens is 1. The van der Waals surface area contributed by atoms with Gasteiger partial charge in [-0.05, 0) is 32.1 Å². The first-order valence-corrected chi connectivity index (χ1v) is 8.60. The second-order valence-corrected chi connectivity index (χ2v) is 6.47. The number of fused-ring (bicyclic) bond motifs is 2. The summed E-state index contributed by atoms with van der Waals surface area (Å²) in [7, 11) is 0. The first-order valence-electron chi connectivity index (χ1n) is 8.60. The van der Waals surface area contributed by atoms with E-state index in [4.69, 9.17) is 4.52 Å². The normalized spacial score (nSPS) is 23.4. The van der Waals surface area contributed by atoms with Gasteiger partial charge in [-0.3, -0.25) is 4.79 Å². The summed E-state index contributed by atoms with van der Waals surface area (Å²) in [5, 5.41) is 7.55. The third-order valence-corrected chi connectivity index (χ3v) is 4.64. The fourth-order valence-electron chi connectivity index (χ4n) is 3.44. The zero-order valence-corrected chi connectivity index (χ0v) is 14.6. The maximum Gasteiger partial charge on any atom is 0.226 e. The highest BCUT2D eigenvalue weighted by molar-refractivity contribution is 5.85. The maximum absolute atomic E-state index is 12.4. The number of hydrogen-bond donors (Lipinski definition) is 1. The Morgan fingerprint density at radius 2 is 2.13 bits per heavy atom. The molecule has 2 unspecified atom stereocenters. The van der Waals surface area contributed by atoms with E-state index in [-0.39, 0.29) is 18.3 Å². The van der Waals surface area contributed by atoms with E-state index in [1.165, 1.54) is 12.8 Å². The topological polar surface area (TPSA) is 71.3 Å². The van der Waals surface area contributed by atoms with Crippen LogP contribution in [0.1, 0.15) is 57.2 Å². The monoisotopic (exact) mass is 342 g/mol. The highest BCUT2D eigenvalue weighted by Crippen LogP contribution is 2.21. The first kappa shape index (κ1) is 18.2. The molecule has 1 aromatic heterocycles. The molecule has 2 saturated heterocycles. The quantitative estimate of drug-likeness (QED) is 0.857. The van der Waals surface area contributed by atoms with Crippen LogP contribution in [0.25, 0.3) is 0 Å². The Morgan fingerprint density at radius 1 is 1.30 bits per heavy atom. The molecule has 2 fully saturated rings. The van der Waals surface area contributed by atoms with Crippen LogP contribution < -0.4 is 5.32 Å². The van der Waals surface area contributed by atoms with E-state index in [0.29, 0.717) is 30.8 Å². The van der Waals surface area contributed by atoms with Gasteiger partial charge in [0.25, 0.3) is 0 Å². The van der Waals surface area contributed by atoms with Crippen LogP contribution in [0.15, 0.2) is 4.52 Å². The molecule has 1 aromatic rings. The number of carbonyl (C=O) groups is 1. The van der Waals surface area contributed by atoms with E-state index in [2.05, 4.69) is 22.4 Å². The van der Waals surface area contributed by atoms with Crippen molar-refractivity contribution >= 4 is 18.3 Å². The van der Waals surface area contributed by atoms with E-state index in [1.807, 2.05) is 4.90 Å². The number of aromatic nitrogens is 2.